The molecule has 1 nitrogen and oxygen atoms in total. The molecule has 3 unspecified atom stereocenters. The Kier molecular flexibility index (Phi) is 3.88. The monoisotopic (exact) mass is 231 g/mol. The van der Waals surface area contributed by atoms with Crippen molar-refractivity contribution in [3.05, 3.63) is 35.4 Å². The van der Waals surface area contributed by atoms with Crippen LogP contribution in [0, 0.1) is 11.8 Å². The molecule has 1 N–H and O–H groups in total. The maximum Gasteiger partial charge on any atom is 0.0354 e. The first-order chi connectivity index (χ1) is 8.15. The van der Waals surface area contributed by atoms with Gasteiger partial charge in [-0.15, -0.1) is 0 Å². The molecule has 0 bridgehead atoms. The third kappa shape index (κ3) is 2.40. The highest BCUT2D eigenvalue weighted by Crippen LogP contribution is 2.47. The summed E-state index contributed by atoms with van der Waals surface area (Å²) in [6, 6.07) is 9.55. The Morgan fingerprint density at radius 3 is 2.41 bits per heavy atom. The molecule has 0 radical (unpaired) electrons. The van der Waals surface area contributed by atoms with Gasteiger partial charge in [-0.05, 0) is 41.8 Å². The summed E-state index contributed by atoms with van der Waals surface area (Å²) in [5, 5.41) is 3.65. The molecular weight excluding hydrogens is 206 g/mol. The molecule has 0 saturated carbocycles. The van der Waals surface area contributed by atoms with Crippen LogP contribution in [-0.2, 0) is 0 Å². The molecule has 3 atom stereocenters. The molecule has 1 aliphatic carbocycles. The fourth-order valence-electron chi connectivity index (χ4n) is 3.30. The van der Waals surface area contributed by atoms with E-state index in [2.05, 4.69) is 57.3 Å². The van der Waals surface area contributed by atoms with E-state index in [0.29, 0.717) is 6.04 Å². The van der Waals surface area contributed by atoms with Gasteiger partial charge >= 0.3 is 0 Å². The zero-order valence-corrected chi connectivity index (χ0v) is 11.5. The second-order valence-corrected chi connectivity index (χ2v) is 5.76. The van der Waals surface area contributed by atoms with Crippen LogP contribution in [0.5, 0.6) is 0 Å². The van der Waals surface area contributed by atoms with Crippen LogP contribution in [0.3, 0.4) is 0 Å². The molecule has 94 valence electrons. The van der Waals surface area contributed by atoms with Crippen molar-refractivity contribution in [2.24, 2.45) is 11.8 Å². The maximum absolute atomic E-state index is 3.65. The van der Waals surface area contributed by atoms with Crippen molar-refractivity contribution >= 4 is 0 Å². The fourth-order valence-corrected chi connectivity index (χ4v) is 3.30. The van der Waals surface area contributed by atoms with Crippen molar-refractivity contribution < 1.29 is 0 Å². The number of hydrogen-bond acceptors (Lipinski definition) is 1. The van der Waals surface area contributed by atoms with E-state index in [9.17, 15) is 0 Å². The fraction of sp³-hybridized carbons (Fsp3) is 0.625. The van der Waals surface area contributed by atoms with Gasteiger partial charge in [-0.2, -0.15) is 0 Å². The highest BCUT2D eigenvalue weighted by Gasteiger charge is 2.36. The van der Waals surface area contributed by atoms with Crippen molar-refractivity contribution in [2.45, 2.75) is 46.1 Å². The minimum Gasteiger partial charge on any atom is -0.310 e. The van der Waals surface area contributed by atoms with Gasteiger partial charge in [-0.1, -0.05) is 52.0 Å². The first kappa shape index (κ1) is 12.6. The molecule has 17 heavy (non-hydrogen) atoms. The van der Waals surface area contributed by atoms with Gasteiger partial charge in [0.05, 0.1) is 0 Å². The minimum absolute atomic E-state index is 0.556. The molecule has 0 amide bonds. The SMILES string of the molecule is CCNC1c2ccccc2C(CC(C)C)C1C. The molecule has 1 heteroatoms. The molecule has 0 saturated heterocycles. The normalized spacial score (nSPS) is 27.5. The van der Waals surface area contributed by atoms with Crippen LogP contribution < -0.4 is 5.32 Å². The standard InChI is InChI=1S/C16H25N/c1-5-17-16-12(4)15(10-11(2)3)13-8-6-7-9-14(13)16/h6-9,11-12,15-17H,5,10H2,1-4H3. The molecule has 0 fully saturated rings. The third-order valence-corrected chi connectivity index (χ3v) is 4.04. The summed E-state index contributed by atoms with van der Waals surface area (Å²) in [6.07, 6.45) is 1.31. The summed E-state index contributed by atoms with van der Waals surface area (Å²) in [5.74, 6) is 2.22. The largest absolute Gasteiger partial charge is 0.310 e. The van der Waals surface area contributed by atoms with Gasteiger partial charge in [0.2, 0.25) is 0 Å². The Balaban J connectivity index is 2.31. The van der Waals surface area contributed by atoms with Crippen LogP contribution in [0.25, 0.3) is 0 Å². The maximum atomic E-state index is 3.65. The molecule has 2 rings (SSSR count). The summed E-state index contributed by atoms with van der Waals surface area (Å²) in [6.45, 7) is 10.3. The lowest BCUT2D eigenvalue weighted by atomic mass is 9.85. The van der Waals surface area contributed by atoms with Crippen LogP contribution in [-0.4, -0.2) is 6.54 Å². The Morgan fingerprint density at radius 2 is 1.82 bits per heavy atom. The van der Waals surface area contributed by atoms with E-state index in [1.807, 2.05) is 0 Å². The Labute approximate surface area is 106 Å². The van der Waals surface area contributed by atoms with Crippen molar-refractivity contribution in [1.82, 2.24) is 5.32 Å². The number of rotatable bonds is 4. The van der Waals surface area contributed by atoms with E-state index in [4.69, 9.17) is 0 Å². The van der Waals surface area contributed by atoms with Gasteiger partial charge in [0.25, 0.3) is 0 Å². The van der Waals surface area contributed by atoms with Crippen LogP contribution in [0.15, 0.2) is 24.3 Å². The molecule has 0 heterocycles. The molecular formula is C16H25N. The second kappa shape index (κ2) is 5.22. The number of nitrogens with one attached hydrogen (secondary N) is 1. The Morgan fingerprint density at radius 1 is 1.18 bits per heavy atom. The highest BCUT2D eigenvalue weighted by atomic mass is 14.9. The number of fused-ring (bicyclic) bond motifs is 1. The lowest BCUT2D eigenvalue weighted by molar-refractivity contribution is 0.337. The lowest BCUT2D eigenvalue weighted by Crippen LogP contribution is -2.24. The Hall–Kier alpha value is -0.820. The summed E-state index contributed by atoms with van der Waals surface area (Å²) >= 11 is 0. The molecule has 0 aromatic heterocycles. The van der Waals surface area contributed by atoms with Crippen molar-refractivity contribution in [1.29, 1.82) is 0 Å². The number of hydrogen-bond donors (Lipinski definition) is 1. The van der Waals surface area contributed by atoms with Gasteiger partial charge in [-0.3, -0.25) is 0 Å². The summed E-state index contributed by atoms with van der Waals surface area (Å²) in [7, 11) is 0. The first-order valence-electron chi connectivity index (χ1n) is 6.97. The lowest BCUT2D eigenvalue weighted by Gasteiger charge is -2.23. The van der Waals surface area contributed by atoms with E-state index < -0.39 is 0 Å². The summed E-state index contributed by atoms with van der Waals surface area (Å²) < 4.78 is 0. The van der Waals surface area contributed by atoms with Crippen LogP contribution in [0.4, 0.5) is 0 Å². The topological polar surface area (TPSA) is 12.0 Å². The van der Waals surface area contributed by atoms with E-state index in [0.717, 1.165) is 24.3 Å². The number of benzene rings is 1. The van der Waals surface area contributed by atoms with Crippen molar-refractivity contribution in [3.8, 4) is 0 Å². The van der Waals surface area contributed by atoms with Crippen LogP contribution >= 0.6 is 0 Å². The zero-order chi connectivity index (χ0) is 12.4. The van der Waals surface area contributed by atoms with Crippen LogP contribution in [0.2, 0.25) is 0 Å². The zero-order valence-electron chi connectivity index (χ0n) is 11.5. The smallest absolute Gasteiger partial charge is 0.0354 e. The van der Waals surface area contributed by atoms with Crippen molar-refractivity contribution in [2.75, 3.05) is 6.54 Å². The molecule has 0 aliphatic heterocycles. The van der Waals surface area contributed by atoms with E-state index in [1.54, 1.807) is 5.56 Å². The van der Waals surface area contributed by atoms with Gasteiger partial charge in [0.1, 0.15) is 0 Å². The molecule has 0 spiro atoms. The predicted octanol–water partition coefficient (Wildman–Crippen LogP) is 4.12. The van der Waals surface area contributed by atoms with Gasteiger partial charge in [-0.25, -0.2) is 0 Å². The second-order valence-electron chi connectivity index (χ2n) is 5.76. The van der Waals surface area contributed by atoms with E-state index in [-0.39, 0.29) is 0 Å². The van der Waals surface area contributed by atoms with Gasteiger partial charge in [0.15, 0.2) is 0 Å². The van der Waals surface area contributed by atoms with Crippen LogP contribution in [0.1, 0.15) is 57.2 Å². The summed E-state index contributed by atoms with van der Waals surface area (Å²) in [4.78, 5) is 0. The first-order valence-corrected chi connectivity index (χ1v) is 6.97. The van der Waals surface area contributed by atoms with Gasteiger partial charge in [0, 0.05) is 6.04 Å². The van der Waals surface area contributed by atoms with E-state index >= 15 is 0 Å². The molecule has 1 aromatic rings. The molecule has 1 aliphatic rings. The molecule has 1 aromatic carbocycles. The average molecular weight is 231 g/mol. The van der Waals surface area contributed by atoms with E-state index in [1.165, 1.54) is 12.0 Å². The predicted molar refractivity (Wildman–Crippen MR) is 74.2 cm³/mol. The average Bonchev–Trinajstić information content (AvgIpc) is 2.55. The summed E-state index contributed by atoms with van der Waals surface area (Å²) in [5.41, 5.74) is 3.12. The quantitative estimate of drug-likeness (QED) is 0.822. The third-order valence-electron chi connectivity index (χ3n) is 4.04. The minimum atomic E-state index is 0.556. The van der Waals surface area contributed by atoms with Gasteiger partial charge < -0.3 is 5.32 Å². The van der Waals surface area contributed by atoms with Crippen molar-refractivity contribution in [3.63, 3.8) is 0 Å². The highest BCUT2D eigenvalue weighted by molar-refractivity contribution is 5.39. The Bertz CT molecular complexity index is 370.